The summed E-state index contributed by atoms with van der Waals surface area (Å²) in [6.07, 6.45) is 0. The fraction of sp³-hybridized carbons (Fsp3) is 0.0492. The highest BCUT2D eigenvalue weighted by atomic mass is 32.1. The van der Waals surface area contributed by atoms with E-state index in [-0.39, 0.29) is 5.41 Å². The SMILES string of the molecule is CC1(C)c2ccccc2-c2cc3c4cc(-c5ccc6oc7ccc(-c8nc(-c9ccccc9)c9sc%10ccc(-c%11ccccc%11)cc%10c9n8)cc7c6c5)ccc4n(-c4ccccc4)c3cc21. The van der Waals surface area contributed by atoms with Crippen LogP contribution in [0.1, 0.15) is 25.0 Å². The summed E-state index contributed by atoms with van der Waals surface area (Å²) >= 11 is 1.76. The van der Waals surface area contributed by atoms with Crippen molar-refractivity contribution in [1.29, 1.82) is 0 Å². The molecular weight excluding hydrogens is 823 g/mol. The topological polar surface area (TPSA) is 43.9 Å². The molecule has 0 spiro atoms. The van der Waals surface area contributed by atoms with E-state index in [4.69, 9.17) is 14.4 Å². The molecule has 13 aromatic rings. The molecule has 0 fully saturated rings. The average molecular weight is 862 g/mol. The molecule has 310 valence electrons. The lowest BCUT2D eigenvalue weighted by atomic mass is 9.82. The first kappa shape index (κ1) is 37.3. The first-order valence-electron chi connectivity index (χ1n) is 22.5. The minimum Gasteiger partial charge on any atom is -0.456 e. The summed E-state index contributed by atoms with van der Waals surface area (Å²) in [5.41, 5.74) is 19.1. The maximum atomic E-state index is 6.52. The zero-order chi connectivity index (χ0) is 43.7. The van der Waals surface area contributed by atoms with E-state index >= 15 is 0 Å². The number of fused-ring (bicyclic) bond motifs is 12. The summed E-state index contributed by atoms with van der Waals surface area (Å²) in [4.78, 5) is 10.7. The fourth-order valence-electron chi connectivity index (χ4n) is 10.7. The standard InChI is InChI=1S/C61H39N3OS/c1-61(2)50-21-13-12-20-43(50)44-34-46-45-30-39(22-26-52(45)64(53(46)35-51(44)61)42-18-10-5-11-19-42)40-23-27-54-47(31-40)48-33-41(24-28-55(48)65-54)60-62-57(37-16-8-4-9-17-37)59-58(63-60)49-32-38(25-29-56(49)66-59)36-14-6-3-7-15-36/h3-35H,1-2H3. The maximum Gasteiger partial charge on any atom is 0.160 e. The molecule has 0 N–H and O–H groups in total. The molecular formula is C61H39N3OS. The van der Waals surface area contributed by atoms with Crippen molar-refractivity contribution in [2.75, 3.05) is 0 Å². The van der Waals surface area contributed by atoms with E-state index in [1.807, 2.05) is 0 Å². The Kier molecular flexibility index (Phi) is 7.87. The van der Waals surface area contributed by atoms with E-state index in [0.717, 1.165) is 71.2 Å². The zero-order valence-corrected chi connectivity index (χ0v) is 37.0. The van der Waals surface area contributed by atoms with E-state index in [0.29, 0.717) is 5.82 Å². The number of rotatable bonds is 5. The van der Waals surface area contributed by atoms with Crippen LogP contribution in [-0.2, 0) is 5.41 Å². The van der Waals surface area contributed by atoms with Gasteiger partial charge in [-0.1, -0.05) is 135 Å². The van der Waals surface area contributed by atoms with Gasteiger partial charge in [0.15, 0.2) is 5.82 Å². The number of para-hydroxylation sites is 1. The van der Waals surface area contributed by atoms with Crippen molar-refractivity contribution in [1.82, 2.24) is 14.5 Å². The monoisotopic (exact) mass is 861 g/mol. The molecule has 0 saturated heterocycles. The summed E-state index contributed by atoms with van der Waals surface area (Å²) < 4.78 is 11.2. The molecule has 5 heteroatoms. The first-order valence-corrected chi connectivity index (χ1v) is 23.4. The molecule has 1 aliphatic rings. The van der Waals surface area contributed by atoms with Crippen molar-refractivity contribution in [2.24, 2.45) is 0 Å². The molecule has 4 nitrogen and oxygen atoms in total. The van der Waals surface area contributed by atoms with Crippen LogP contribution in [0.15, 0.2) is 205 Å². The third-order valence-electron chi connectivity index (χ3n) is 14.0. The molecule has 9 aromatic carbocycles. The van der Waals surface area contributed by atoms with Crippen molar-refractivity contribution in [3.8, 4) is 61.7 Å². The molecule has 0 saturated carbocycles. The van der Waals surface area contributed by atoms with Crippen LogP contribution in [0, 0.1) is 0 Å². The number of furan rings is 1. The molecule has 0 unspecified atom stereocenters. The second-order valence-electron chi connectivity index (χ2n) is 18.1. The molecule has 0 radical (unpaired) electrons. The Hall–Kier alpha value is -8.12. The van der Waals surface area contributed by atoms with Crippen LogP contribution < -0.4 is 0 Å². The van der Waals surface area contributed by atoms with Gasteiger partial charge in [0.1, 0.15) is 11.2 Å². The fourth-order valence-corrected chi connectivity index (χ4v) is 11.9. The van der Waals surface area contributed by atoms with Crippen molar-refractivity contribution < 1.29 is 4.42 Å². The van der Waals surface area contributed by atoms with Gasteiger partial charge in [0.2, 0.25) is 0 Å². The minimum atomic E-state index is -0.0974. The summed E-state index contributed by atoms with van der Waals surface area (Å²) in [6.45, 7) is 4.71. The largest absolute Gasteiger partial charge is 0.456 e. The van der Waals surface area contributed by atoms with Crippen molar-refractivity contribution in [3.63, 3.8) is 0 Å². The van der Waals surface area contributed by atoms with Crippen LogP contribution in [0.4, 0.5) is 0 Å². The predicted octanol–water partition coefficient (Wildman–Crippen LogP) is 16.8. The minimum absolute atomic E-state index is 0.0974. The van der Waals surface area contributed by atoms with Gasteiger partial charge in [-0.05, 0) is 123 Å². The number of hydrogen-bond acceptors (Lipinski definition) is 4. The lowest BCUT2D eigenvalue weighted by Crippen LogP contribution is -2.14. The summed E-state index contributed by atoms with van der Waals surface area (Å²) in [7, 11) is 0. The van der Waals surface area contributed by atoms with Crippen molar-refractivity contribution >= 4 is 75.4 Å². The number of benzene rings is 9. The molecule has 0 amide bonds. The average Bonchev–Trinajstić information content (AvgIpc) is 4.09. The number of thiophene rings is 1. The summed E-state index contributed by atoms with van der Waals surface area (Å²) in [6, 6.07) is 72.3. The van der Waals surface area contributed by atoms with Crippen LogP contribution in [0.5, 0.6) is 0 Å². The number of aromatic nitrogens is 3. The predicted molar refractivity (Wildman–Crippen MR) is 276 cm³/mol. The van der Waals surface area contributed by atoms with Gasteiger partial charge in [0.25, 0.3) is 0 Å². The Labute approximate surface area is 384 Å². The highest BCUT2D eigenvalue weighted by Gasteiger charge is 2.36. The van der Waals surface area contributed by atoms with E-state index in [2.05, 4.69) is 219 Å². The van der Waals surface area contributed by atoms with Crippen molar-refractivity contribution in [3.05, 3.63) is 211 Å². The van der Waals surface area contributed by atoms with Gasteiger partial charge in [-0.3, -0.25) is 0 Å². The first-order chi connectivity index (χ1) is 32.4. The molecule has 0 aliphatic heterocycles. The molecule has 0 atom stereocenters. The Morgan fingerprint density at radius 1 is 0.439 bits per heavy atom. The lowest BCUT2D eigenvalue weighted by Gasteiger charge is -2.21. The molecule has 1 aliphatic carbocycles. The van der Waals surface area contributed by atoms with Gasteiger partial charge in [-0.15, -0.1) is 11.3 Å². The number of hydrogen-bond donors (Lipinski definition) is 0. The normalized spacial score (nSPS) is 13.1. The second-order valence-corrected chi connectivity index (χ2v) is 19.2. The van der Waals surface area contributed by atoms with E-state index in [1.54, 1.807) is 11.3 Å². The van der Waals surface area contributed by atoms with Gasteiger partial charge in [-0.25, -0.2) is 9.97 Å². The van der Waals surface area contributed by atoms with E-state index in [9.17, 15) is 0 Å². The smallest absolute Gasteiger partial charge is 0.160 e. The maximum absolute atomic E-state index is 6.52. The molecule has 4 aromatic heterocycles. The van der Waals surface area contributed by atoms with Crippen LogP contribution in [-0.4, -0.2) is 14.5 Å². The van der Waals surface area contributed by atoms with Crippen molar-refractivity contribution in [2.45, 2.75) is 19.3 Å². The zero-order valence-electron chi connectivity index (χ0n) is 36.2. The van der Waals surface area contributed by atoms with Crippen LogP contribution in [0.2, 0.25) is 0 Å². The van der Waals surface area contributed by atoms with Crippen LogP contribution in [0.3, 0.4) is 0 Å². The van der Waals surface area contributed by atoms with E-state index in [1.165, 1.54) is 59.9 Å². The highest BCUT2D eigenvalue weighted by molar-refractivity contribution is 7.26. The lowest BCUT2D eigenvalue weighted by molar-refractivity contribution is 0.661. The Morgan fingerprint density at radius 3 is 1.80 bits per heavy atom. The summed E-state index contributed by atoms with van der Waals surface area (Å²) in [5.74, 6) is 0.691. The summed E-state index contributed by atoms with van der Waals surface area (Å²) in [5, 5.41) is 5.72. The quantitative estimate of drug-likeness (QED) is 0.173. The Bertz CT molecular complexity index is 4120. The molecule has 14 rings (SSSR count). The third-order valence-corrected chi connectivity index (χ3v) is 15.2. The van der Waals surface area contributed by atoms with E-state index < -0.39 is 0 Å². The second kappa shape index (κ2) is 13.9. The number of nitrogens with zero attached hydrogens (tertiary/aromatic N) is 3. The molecule has 66 heavy (non-hydrogen) atoms. The highest BCUT2D eigenvalue weighted by Crippen LogP contribution is 2.51. The van der Waals surface area contributed by atoms with Gasteiger partial charge in [0.05, 0.1) is 26.9 Å². The van der Waals surface area contributed by atoms with Gasteiger partial charge >= 0.3 is 0 Å². The Morgan fingerprint density at radius 2 is 1.03 bits per heavy atom. The molecule has 4 heterocycles. The van der Waals surface area contributed by atoms with Crippen LogP contribution >= 0.6 is 11.3 Å². The van der Waals surface area contributed by atoms with Gasteiger partial charge in [-0.2, -0.15) is 0 Å². The van der Waals surface area contributed by atoms with Gasteiger partial charge in [0, 0.05) is 53.9 Å². The molecule has 0 bridgehead atoms. The van der Waals surface area contributed by atoms with Crippen LogP contribution in [0.25, 0.3) is 126 Å². The Balaban J connectivity index is 0.932. The third kappa shape index (κ3) is 5.50. The van der Waals surface area contributed by atoms with Gasteiger partial charge < -0.3 is 8.98 Å².